The molecule has 1 amide bonds. The van der Waals surface area contributed by atoms with Gasteiger partial charge < -0.3 is 15.6 Å². The minimum Gasteiger partial charge on any atom is -0.356 e. The van der Waals surface area contributed by atoms with E-state index in [1.54, 1.807) is 0 Å². The summed E-state index contributed by atoms with van der Waals surface area (Å²) in [7, 11) is 0. The van der Waals surface area contributed by atoms with Crippen molar-refractivity contribution >= 4 is 28.4 Å². The summed E-state index contributed by atoms with van der Waals surface area (Å²) in [5.74, 6) is 0.128. The molecule has 1 heterocycles. The van der Waals surface area contributed by atoms with Gasteiger partial charge in [-0.05, 0) is 18.9 Å². The molecule has 2 aromatic rings. The lowest BCUT2D eigenvalue weighted by molar-refractivity contribution is -0.121. The number of nitrogens with one attached hydrogen (secondary N) is 3. The molecule has 1 aliphatic carbocycles. The van der Waals surface area contributed by atoms with Gasteiger partial charge in [-0.1, -0.05) is 29.8 Å². The predicted molar refractivity (Wildman–Crippen MR) is 80.8 cm³/mol. The number of para-hydroxylation sites is 1. The molecule has 0 atom stereocenters. The van der Waals surface area contributed by atoms with E-state index in [4.69, 9.17) is 11.6 Å². The predicted octanol–water partition coefficient (Wildman–Crippen LogP) is 2.58. The lowest BCUT2D eigenvalue weighted by atomic mass is 10.2. The molecule has 1 saturated carbocycles. The lowest BCUT2D eigenvalue weighted by Crippen LogP contribution is -2.29. The summed E-state index contributed by atoms with van der Waals surface area (Å²) in [6.07, 6.45) is 2.77. The zero-order chi connectivity index (χ0) is 13.9. The monoisotopic (exact) mass is 291 g/mol. The van der Waals surface area contributed by atoms with Crippen LogP contribution in [0.2, 0.25) is 5.02 Å². The summed E-state index contributed by atoms with van der Waals surface area (Å²) >= 11 is 6.33. The van der Waals surface area contributed by atoms with E-state index in [0.29, 0.717) is 25.6 Å². The minimum atomic E-state index is 0.128. The second kappa shape index (κ2) is 5.85. The van der Waals surface area contributed by atoms with Crippen molar-refractivity contribution in [3.63, 3.8) is 0 Å². The molecule has 1 aromatic heterocycles. The molecule has 1 aromatic carbocycles. The molecule has 0 bridgehead atoms. The Morgan fingerprint density at radius 3 is 2.90 bits per heavy atom. The molecular weight excluding hydrogens is 274 g/mol. The van der Waals surface area contributed by atoms with Crippen LogP contribution in [0.1, 0.15) is 25.0 Å². The van der Waals surface area contributed by atoms with Gasteiger partial charge in [0.2, 0.25) is 5.91 Å². The number of H-pyrrole nitrogens is 1. The van der Waals surface area contributed by atoms with Gasteiger partial charge in [0, 0.05) is 42.1 Å². The number of amides is 1. The van der Waals surface area contributed by atoms with E-state index < -0.39 is 0 Å². The van der Waals surface area contributed by atoms with Crippen molar-refractivity contribution in [2.24, 2.45) is 0 Å². The lowest BCUT2D eigenvalue weighted by Gasteiger charge is -2.05. The van der Waals surface area contributed by atoms with Crippen molar-refractivity contribution in [3.8, 4) is 0 Å². The fraction of sp³-hybridized carbons (Fsp3) is 0.400. The van der Waals surface area contributed by atoms with Crippen LogP contribution in [0.3, 0.4) is 0 Å². The summed E-state index contributed by atoms with van der Waals surface area (Å²) in [4.78, 5) is 14.8. The first kappa shape index (κ1) is 13.5. The highest BCUT2D eigenvalue weighted by Crippen LogP contribution is 2.26. The second-order valence-electron chi connectivity index (χ2n) is 5.23. The van der Waals surface area contributed by atoms with Gasteiger partial charge in [-0.2, -0.15) is 0 Å². The third-order valence-electron chi connectivity index (χ3n) is 3.49. The van der Waals surface area contributed by atoms with Crippen molar-refractivity contribution in [1.82, 2.24) is 15.6 Å². The molecule has 0 spiro atoms. The number of aromatic amines is 1. The van der Waals surface area contributed by atoms with E-state index in [0.717, 1.165) is 34.5 Å². The molecule has 106 valence electrons. The summed E-state index contributed by atoms with van der Waals surface area (Å²) in [6, 6.07) is 8.40. The third-order valence-corrected chi connectivity index (χ3v) is 3.92. The number of hydrogen-bond donors (Lipinski definition) is 3. The van der Waals surface area contributed by atoms with Gasteiger partial charge in [0.1, 0.15) is 0 Å². The number of benzene rings is 1. The van der Waals surface area contributed by atoms with E-state index in [2.05, 4.69) is 15.6 Å². The van der Waals surface area contributed by atoms with Crippen LogP contribution < -0.4 is 10.6 Å². The van der Waals surface area contributed by atoms with Crippen LogP contribution in [0.4, 0.5) is 0 Å². The van der Waals surface area contributed by atoms with Crippen LogP contribution in [0.15, 0.2) is 24.3 Å². The smallest absolute Gasteiger partial charge is 0.221 e. The third kappa shape index (κ3) is 3.14. The SMILES string of the molecule is O=C(CCNCc1[nH]c2ccccc2c1Cl)NC1CC1. The zero-order valence-corrected chi connectivity index (χ0v) is 12.0. The molecule has 0 radical (unpaired) electrons. The quantitative estimate of drug-likeness (QED) is 0.717. The largest absolute Gasteiger partial charge is 0.356 e. The van der Waals surface area contributed by atoms with Gasteiger partial charge >= 0.3 is 0 Å². The van der Waals surface area contributed by atoms with Gasteiger partial charge in [-0.3, -0.25) is 4.79 Å². The summed E-state index contributed by atoms with van der Waals surface area (Å²) in [5, 5.41) is 8.02. The number of rotatable bonds is 6. The van der Waals surface area contributed by atoms with E-state index in [1.807, 2.05) is 24.3 Å². The first-order valence-corrected chi connectivity index (χ1v) is 7.37. The average molecular weight is 292 g/mol. The van der Waals surface area contributed by atoms with E-state index in [-0.39, 0.29) is 5.91 Å². The van der Waals surface area contributed by atoms with Crippen LogP contribution in [0, 0.1) is 0 Å². The Morgan fingerprint density at radius 2 is 2.15 bits per heavy atom. The summed E-state index contributed by atoms with van der Waals surface area (Å²) in [6.45, 7) is 1.30. The number of fused-ring (bicyclic) bond motifs is 1. The molecule has 1 fully saturated rings. The molecular formula is C15H18ClN3O. The first-order chi connectivity index (χ1) is 9.74. The van der Waals surface area contributed by atoms with Crippen molar-refractivity contribution in [1.29, 1.82) is 0 Å². The van der Waals surface area contributed by atoms with Gasteiger partial charge in [-0.25, -0.2) is 0 Å². The molecule has 20 heavy (non-hydrogen) atoms. The topological polar surface area (TPSA) is 56.9 Å². The number of aromatic nitrogens is 1. The molecule has 0 saturated heterocycles. The van der Waals surface area contributed by atoms with Gasteiger partial charge in [-0.15, -0.1) is 0 Å². The van der Waals surface area contributed by atoms with Crippen molar-refractivity contribution in [3.05, 3.63) is 35.0 Å². The van der Waals surface area contributed by atoms with E-state index in [1.165, 1.54) is 0 Å². The fourth-order valence-corrected chi connectivity index (χ4v) is 2.51. The van der Waals surface area contributed by atoms with Gasteiger partial charge in [0.05, 0.1) is 5.02 Å². The average Bonchev–Trinajstić information content (AvgIpc) is 3.20. The highest BCUT2D eigenvalue weighted by molar-refractivity contribution is 6.36. The molecule has 3 rings (SSSR count). The second-order valence-corrected chi connectivity index (χ2v) is 5.61. The molecule has 0 unspecified atom stereocenters. The highest BCUT2D eigenvalue weighted by atomic mass is 35.5. The van der Waals surface area contributed by atoms with Gasteiger partial charge in [0.15, 0.2) is 0 Å². The van der Waals surface area contributed by atoms with Crippen LogP contribution in [-0.2, 0) is 11.3 Å². The van der Waals surface area contributed by atoms with E-state index in [9.17, 15) is 4.79 Å². The van der Waals surface area contributed by atoms with E-state index >= 15 is 0 Å². The molecule has 0 aliphatic heterocycles. The molecule has 5 heteroatoms. The van der Waals surface area contributed by atoms with Crippen molar-refractivity contribution < 1.29 is 4.79 Å². The van der Waals surface area contributed by atoms with Crippen LogP contribution in [0.5, 0.6) is 0 Å². The normalized spacial score (nSPS) is 14.7. The number of carbonyl (C=O) groups excluding carboxylic acids is 1. The summed E-state index contributed by atoms with van der Waals surface area (Å²) in [5.41, 5.74) is 2.01. The van der Waals surface area contributed by atoms with Crippen LogP contribution in [-0.4, -0.2) is 23.5 Å². The Labute approximate surface area is 122 Å². The maximum Gasteiger partial charge on any atom is 0.221 e. The first-order valence-electron chi connectivity index (χ1n) is 6.99. The molecule has 4 nitrogen and oxygen atoms in total. The number of halogens is 1. The fourth-order valence-electron chi connectivity index (χ4n) is 2.23. The Morgan fingerprint density at radius 1 is 1.35 bits per heavy atom. The molecule has 1 aliphatic rings. The van der Waals surface area contributed by atoms with Gasteiger partial charge in [0.25, 0.3) is 0 Å². The maximum absolute atomic E-state index is 11.5. The van der Waals surface area contributed by atoms with Crippen molar-refractivity contribution in [2.45, 2.75) is 31.8 Å². The highest BCUT2D eigenvalue weighted by Gasteiger charge is 2.22. The molecule has 3 N–H and O–H groups in total. The number of carbonyl (C=O) groups is 1. The van der Waals surface area contributed by atoms with Crippen LogP contribution in [0.25, 0.3) is 10.9 Å². The summed E-state index contributed by atoms with van der Waals surface area (Å²) < 4.78 is 0. The minimum absolute atomic E-state index is 0.128. The Balaban J connectivity index is 1.49. The van der Waals surface area contributed by atoms with Crippen LogP contribution >= 0.6 is 11.6 Å². The number of hydrogen-bond acceptors (Lipinski definition) is 2. The standard InChI is InChI=1S/C15H18ClN3O/c16-15-11-3-1-2-4-12(11)19-13(15)9-17-8-7-14(20)18-10-5-6-10/h1-4,10,17,19H,5-9H2,(H,18,20). The Hall–Kier alpha value is -1.52. The zero-order valence-electron chi connectivity index (χ0n) is 11.2. The maximum atomic E-state index is 11.5. The Kier molecular flexibility index (Phi) is 3.94. The Bertz CT molecular complexity index is 619. The van der Waals surface area contributed by atoms with Crippen molar-refractivity contribution in [2.75, 3.05) is 6.54 Å².